The number of aryl methyl sites for hydroxylation is 1. The van der Waals surface area contributed by atoms with E-state index >= 15 is 0 Å². The molecule has 0 saturated carbocycles. The number of sulfonamides is 1. The van der Waals surface area contributed by atoms with Crippen molar-refractivity contribution in [2.75, 3.05) is 19.0 Å². The van der Waals surface area contributed by atoms with E-state index in [-0.39, 0.29) is 11.4 Å². The topological polar surface area (TPSA) is 104 Å². The average Bonchev–Trinajstić information content (AvgIpc) is 3.37. The molecule has 1 saturated heterocycles. The van der Waals surface area contributed by atoms with E-state index in [2.05, 4.69) is 15.5 Å². The van der Waals surface area contributed by atoms with E-state index in [0.717, 1.165) is 5.56 Å². The summed E-state index contributed by atoms with van der Waals surface area (Å²) in [5, 5.41) is 10.6. The van der Waals surface area contributed by atoms with Crippen LogP contribution in [-0.4, -0.2) is 48.5 Å². The number of ether oxygens (including phenoxy) is 1. The number of rotatable bonds is 5. The molecule has 3 aromatic rings. The molecule has 2 aromatic carbocycles. The van der Waals surface area contributed by atoms with Gasteiger partial charge in [0, 0.05) is 17.6 Å². The van der Waals surface area contributed by atoms with Crippen molar-refractivity contribution in [3.63, 3.8) is 0 Å². The zero-order valence-corrected chi connectivity index (χ0v) is 18.0. The Morgan fingerprint density at radius 3 is 2.87 bits per heavy atom. The van der Waals surface area contributed by atoms with Gasteiger partial charge in [-0.15, -0.1) is 0 Å². The Balaban J connectivity index is 1.63. The molecule has 30 heavy (non-hydrogen) atoms. The summed E-state index contributed by atoms with van der Waals surface area (Å²) in [6.45, 7) is 2.10. The van der Waals surface area contributed by atoms with Crippen LogP contribution < -0.4 is 10.1 Å². The highest BCUT2D eigenvalue weighted by atomic mass is 35.5. The van der Waals surface area contributed by atoms with E-state index in [1.165, 1.54) is 11.4 Å². The Bertz CT molecular complexity index is 1220. The number of halogens is 1. The SMILES string of the molecule is COc1ccc(NC(=O)C2CCCN2S(=O)(=O)c2cc(C)cc3cn[nH]c23)cc1Cl. The van der Waals surface area contributed by atoms with Gasteiger partial charge in [-0.05, 0) is 55.7 Å². The van der Waals surface area contributed by atoms with Crippen LogP contribution in [0.5, 0.6) is 5.75 Å². The van der Waals surface area contributed by atoms with E-state index in [9.17, 15) is 13.2 Å². The molecule has 10 heteroatoms. The Hall–Kier alpha value is -2.62. The van der Waals surface area contributed by atoms with Crippen molar-refractivity contribution in [1.29, 1.82) is 0 Å². The second kappa shape index (κ2) is 7.90. The summed E-state index contributed by atoms with van der Waals surface area (Å²) in [5.74, 6) is 0.0913. The molecule has 2 N–H and O–H groups in total. The van der Waals surface area contributed by atoms with Gasteiger partial charge in [0.15, 0.2) is 0 Å². The largest absolute Gasteiger partial charge is 0.495 e. The van der Waals surface area contributed by atoms with Crippen LogP contribution in [0, 0.1) is 6.92 Å². The van der Waals surface area contributed by atoms with Crippen LogP contribution in [0.25, 0.3) is 10.9 Å². The zero-order chi connectivity index (χ0) is 21.5. The molecule has 1 aliphatic heterocycles. The summed E-state index contributed by atoms with van der Waals surface area (Å²) in [7, 11) is -2.41. The highest BCUT2D eigenvalue weighted by molar-refractivity contribution is 7.89. The number of carbonyl (C=O) groups excluding carboxylic acids is 1. The Kier molecular flexibility index (Phi) is 5.44. The minimum Gasteiger partial charge on any atom is -0.495 e. The summed E-state index contributed by atoms with van der Waals surface area (Å²) in [6, 6.07) is 7.52. The fourth-order valence-corrected chi connectivity index (χ4v) is 5.93. The van der Waals surface area contributed by atoms with Crippen molar-refractivity contribution in [3.05, 3.63) is 47.1 Å². The molecule has 8 nitrogen and oxygen atoms in total. The summed E-state index contributed by atoms with van der Waals surface area (Å²) in [4.78, 5) is 13.1. The minimum absolute atomic E-state index is 0.127. The van der Waals surface area contributed by atoms with Gasteiger partial charge in [-0.25, -0.2) is 8.42 Å². The minimum atomic E-state index is -3.91. The number of aromatic amines is 1. The highest BCUT2D eigenvalue weighted by Crippen LogP contribution is 2.32. The van der Waals surface area contributed by atoms with Crippen molar-refractivity contribution in [3.8, 4) is 5.75 Å². The standard InChI is InChI=1S/C20H21ClN4O4S/c1-12-8-13-11-22-24-19(13)18(9-12)30(27,28)25-7-3-4-16(25)20(26)23-14-5-6-17(29-2)15(21)10-14/h5-6,8-11,16H,3-4,7H2,1-2H3,(H,22,24)(H,23,26). The molecule has 1 fully saturated rings. The van der Waals surface area contributed by atoms with Crippen LogP contribution in [-0.2, 0) is 14.8 Å². The van der Waals surface area contributed by atoms with E-state index in [1.807, 2.05) is 13.0 Å². The van der Waals surface area contributed by atoms with E-state index in [4.69, 9.17) is 16.3 Å². The quantitative estimate of drug-likeness (QED) is 0.623. The number of aromatic nitrogens is 2. The van der Waals surface area contributed by atoms with Crippen LogP contribution >= 0.6 is 11.6 Å². The lowest BCUT2D eigenvalue weighted by atomic mass is 10.2. The van der Waals surface area contributed by atoms with Gasteiger partial charge < -0.3 is 10.1 Å². The van der Waals surface area contributed by atoms with Crippen LogP contribution in [0.15, 0.2) is 41.4 Å². The number of nitrogens with zero attached hydrogens (tertiary/aromatic N) is 2. The van der Waals surface area contributed by atoms with Gasteiger partial charge in [0.25, 0.3) is 0 Å². The third kappa shape index (κ3) is 3.64. The molecule has 0 spiro atoms. The van der Waals surface area contributed by atoms with Crippen molar-refractivity contribution in [2.24, 2.45) is 0 Å². The first kappa shape index (κ1) is 20.6. The monoisotopic (exact) mass is 448 g/mol. The Morgan fingerprint density at radius 2 is 2.13 bits per heavy atom. The number of anilines is 1. The van der Waals surface area contributed by atoms with Crippen LogP contribution in [0.3, 0.4) is 0 Å². The number of benzene rings is 2. The maximum atomic E-state index is 13.5. The molecular weight excluding hydrogens is 428 g/mol. The first-order valence-corrected chi connectivity index (χ1v) is 11.2. The van der Waals surface area contributed by atoms with Gasteiger partial charge in [-0.1, -0.05) is 11.6 Å². The van der Waals surface area contributed by atoms with Crippen molar-refractivity contribution < 1.29 is 17.9 Å². The normalized spacial score (nSPS) is 17.4. The first-order chi connectivity index (χ1) is 14.3. The number of methoxy groups -OCH3 is 1. The van der Waals surface area contributed by atoms with Crippen LogP contribution in [0.2, 0.25) is 5.02 Å². The van der Waals surface area contributed by atoms with Gasteiger partial charge in [0.1, 0.15) is 16.7 Å². The predicted molar refractivity (Wildman–Crippen MR) is 114 cm³/mol. The molecule has 1 unspecified atom stereocenters. The van der Waals surface area contributed by atoms with Crippen LogP contribution in [0.1, 0.15) is 18.4 Å². The smallest absolute Gasteiger partial charge is 0.245 e. The van der Waals surface area contributed by atoms with Gasteiger partial charge in [-0.3, -0.25) is 9.89 Å². The molecule has 2 heterocycles. The third-order valence-electron chi connectivity index (χ3n) is 5.17. The average molecular weight is 449 g/mol. The number of H-pyrrole nitrogens is 1. The molecule has 0 bridgehead atoms. The lowest BCUT2D eigenvalue weighted by Crippen LogP contribution is -2.43. The van der Waals surface area contributed by atoms with E-state index < -0.39 is 22.0 Å². The van der Waals surface area contributed by atoms with Crippen LogP contribution in [0.4, 0.5) is 5.69 Å². The lowest BCUT2D eigenvalue weighted by molar-refractivity contribution is -0.119. The van der Waals surface area contributed by atoms with Crippen molar-refractivity contribution >= 4 is 44.1 Å². The fourth-order valence-electron chi connectivity index (χ4n) is 3.76. The van der Waals surface area contributed by atoms with Gasteiger partial charge >= 0.3 is 0 Å². The van der Waals surface area contributed by atoms with E-state index in [0.29, 0.717) is 40.2 Å². The zero-order valence-electron chi connectivity index (χ0n) is 16.5. The molecule has 1 aliphatic rings. The lowest BCUT2D eigenvalue weighted by Gasteiger charge is -2.24. The van der Waals surface area contributed by atoms with E-state index in [1.54, 1.807) is 30.5 Å². The molecule has 0 radical (unpaired) electrons. The van der Waals surface area contributed by atoms with Gasteiger partial charge in [0.05, 0.1) is 23.8 Å². The van der Waals surface area contributed by atoms with Crippen molar-refractivity contribution in [2.45, 2.75) is 30.7 Å². The van der Waals surface area contributed by atoms with Crippen molar-refractivity contribution in [1.82, 2.24) is 14.5 Å². The molecule has 1 amide bonds. The predicted octanol–water partition coefficient (Wildman–Crippen LogP) is 3.33. The Morgan fingerprint density at radius 1 is 1.33 bits per heavy atom. The summed E-state index contributed by atoms with van der Waals surface area (Å²) in [6.07, 6.45) is 2.62. The fraction of sp³-hybridized carbons (Fsp3) is 0.300. The maximum absolute atomic E-state index is 13.5. The number of carbonyl (C=O) groups is 1. The molecule has 1 atom stereocenters. The number of hydrogen-bond acceptors (Lipinski definition) is 5. The molecule has 0 aliphatic carbocycles. The second-order valence-electron chi connectivity index (χ2n) is 7.21. The number of fused-ring (bicyclic) bond motifs is 1. The summed E-state index contributed by atoms with van der Waals surface area (Å²) >= 11 is 6.12. The summed E-state index contributed by atoms with van der Waals surface area (Å²) in [5.41, 5.74) is 1.71. The molecule has 158 valence electrons. The number of amides is 1. The second-order valence-corrected chi connectivity index (χ2v) is 9.48. The molecular formula is C20H21ClN4O4S. The maximum Gasteiger partial charge on any atom is 0.245 e. The third-order valence-corrected chi connectivity index (χ3v) is 7.40. The first-order valence-electron chi connectivity index (χ1n) is 9.41. The molecule has 1 aromatic heterocycles. The molecule has 4 rings (SSSR count). The summed E-state index contributed by atoms with van der Waals surface area (Å²) < 4.78 is 33.3. The number of nitrogens with one attached hydrogen (secondary N) is 2. The van der Waals surface area contributed by atoms with Gasteiger partial charge in [0.2, 0.25) is 15.9 Å². The highest BCUT2D eigenvalue weighted by Gasteiger charge is 2.40. The number of hydrogen-bond donors (Lipinski definition) is 2. The Labute approximate surface area is 179 Å². The van der Waals surface area contributed by atoms with Gasteiger partial charge in [-0.2, -0.15) is 9.40 Å².